The highest BCUT2D eigenvalue weighted by Crippen LogP contribution is 2.33. The molecule has 1 unspecified atom stereocenters. The lowest BCUT2D eigenvalue weighted by Gasteiger charge is -2.16. The summed E-state index contributed by atoms with van der Waals surface area (Å²) in [6.07, 6.45) is 3.41. The van der Waals surface area contributed by atoms with Crippen LogP contribution in [0.1, 0.15) is 28.9 Å². The van der Waals surface area contributed by atoms with Gasteiger partial charge in [0.25, 0.3) is 5.91 Å². The molecule has 7 heteroatoms. The SMILES string of the molecule is COc1cc(Br)c(OC)c(C(=O)NC(C)c2cn[nH]c2)c1. The molecule has 112 valence electrons. The van der Waals surface area contributed by atoms with Gasteiger partial charge in [-0.3, -0.25) is 9.89 Å². The molecule has 0 saturated heterocycles. The molecule has 1 amide bonds. The van der Waals surface area contributed by atoms with Crippen LogP contribution in [-0.4, -0.2) is 30.3 Å². The van der Waals surface area contributed by atoms with Crippen LogP contribution >= 0.6 is 15.9 Å². The molecule has 0 aliphatic heterocycles. The lowest BCUT2D eigenvalue weighted by Crippen LogP contribution is -2.27. The van der Waals surface area contributed by atoms with Crippen LogP contribution in [0.15, 0.2) is 29.0 Å². The molecule has 0 aliphatic carbocycles. The number of hydrogen-bond acceptors (Lipinski definition) is 4. The number of methoxy groups -OCH3 is 2. The van der Waals surface area contributed by atoms with Crippen molar-refractivity contribution in [3.05, 3.63) is 40.1 Å². The fraction of sp³-hybridized carbons (Fsp3) is 0.286. The molecular weight excluding hydrogens is 338 g/mol. The van der Waals surface area contributed by atoms with Gasteiger partial charge in [0, 0.05) is 11.8 Å². The average Bonchev–Trinajstić information content (AvgIpc) is 3.00. The van der Waals surface area contributed by atoms with E-state index in [1.165, 1.54) is 7.11 Å². The number of H-pyrrole nitrogens is 1. The molecule has 1 aromatic carbocycles. The minimum absolute atomic E-state index is 0.175. The number of hydrogen-bond donors (Lipinski definition) is 2. The number of carbonyl (C=O) groups is 1. The number of nitrogens with zero attached hydrogens (tertiary/aromatic N) is 1. The van der Waals surface area contributed by atoms with Crippen molar-refractivity contribution in [2.24, 2.45) is 0 Å². The first-order chi connectivity index (χ1) is 10.1. The fourth-order valence-electron chi connectivity index (χ4n) is 1.92. The second kappa shape index (κ2) is 6.62. The molecule has 0 saturated carbocycles. The number of halogens is 1. The monoisotopic (exact) mass is 353 g/mol. The third-order valence-electron chi connectivity index (χ3n) is 3.07. The summed E-state index contributed by atoms with van der Waals surface area (Å²) in [5, 5.41) is 9.49. The van der Waals surface area contributed by atoms with E-state index in [2.05, 4.69) is 31.4 Å². The Morgan fingerprint density at radius 2 is 2.14 bits per heavy atom. The molecular formula is C14H16BrN3O3. The summed E-state index contributed by atoms with van der Waals surface area (Å²) in [6.45, 7) is 1.88. The van der Waals surface area contributed by atoms with Crippen molar-refractivity contribution in [2.75, 3.05) is 14.2 Å². The van der Waals surface area contributed by atoms with E-state index in [0.717, 1.165) is 5.56 Å². The first kappa shape index (κ1) is 15.4. The summed E-state index contributed by atoms with van der Waals surface area (Å²) in [6, 6.07) is 3.21. The summed E-state index contributed by atoms with van der Waals surface area (Å²) in [7, 11) is 3.06. The Bertz CT molecular complexity index is 629. The lowest BCUT2D eigenvalue weighted by molar-refractivity contribution is 0.0936. The van der Waals surface area contributed by atoms with Crippen LogP contribution in [0.4, 0.5) is 0 Å². The molecule has 1 heterocycles. The normalized spacial score (nSPS) is 11.8. The van der Waals surface area contributed by atoms with Gasteiger partial charge in [0.15, 0.2) is 0 Å². The summed E-state index contributed by atoms with van der Waals surface area (Å²) >= 11 is 3.37. The average molecular weight is 354 g/mol. The Hall–Kier alpha value is -2.02. The van der Waals surface area contributed by atoms with Gasteiger partial charge in [0.1, 0.15) is 11.5 Å². The third-order valence-corrected chi connectivity index (χ3v) is 3.66. The van der Waals surface area contributed by atoms with E-state index in [9.17, 15) is 4.79 Å². The first-order valence-electron chi connectivity index (χ1n) is 6.28. The van der Waals surface area contributed by atoms with E-state index in [1.807, 2.05) is 6.92 Å². The van der Waals surface area contributed by atoms with E-state index in [4.69, 9.17) is 9.47 Å². The van der Waals surface area contributed by atoms with E-state index >= 15 is 0 Å². The lowest BCUT2D eigenvalue weighted by atomic mass is 10.1. The van der Waals surface area contributed by atoms with Crippen molar-refractivity contribution in [2.45, 2.75) is 13.0 Å². The summed E-state index contributed by atoms with van der Waals surface area (Å²) in [4.78, 5) is 12.5. The fourth-order valence-corrected chi connectivity index (χ4v) is 2.52. The first-order valence-corrected chi connectivity index (χ1v) is 7.07. The number of carbonyl (C=O) groups excluding carboxylic acids is 1. The predicted octanol–water partition coefficient (Wildman–Crippen LogP) is 2.68. The molecule has 0 fully saturated rings. The Kier molecular flexibility index (Phi) is 4.85. The standard InChI is InChI=1S/C14H16BrN3O3/c1-8(9-6-16-17-7-9)18-14(19)11-4-10(20-2)5-12(15)13(11)21-3/h4-8H,1-3H3,(H,16,17)(H,18,19). The Labute approximate surface area is 131 Å². The van der Waals surface area contributed by atoms with Gasteiger partial charge in [-0.05, 0) is 35.0 Å². The van der Waals surface area contributed by atoms with Crippen LogP contribution in [0.5, 0.6) is 11.5 Å². The van der Waals surface area contributed by atoms with Crippen LogP contribution < -0.4 is 14.8 Å². The summed E-state index contributed by atoms with van der Waals surface area (Å²) in [5.74, 6) is 0.789. The zero-order valence-corrected chi connectivity index (χ0v) is 13.5. The minimum atomic E-state index is -0.250. The Morgan fingerprint density at radius 1 is 1.38 bits per heavy atom. The second-order valence-electron chi connectivity index (χ2n) is 4.42. The Morgan fingerprint density at radius 3 is 2.71 bits per heavy atom. The number of aromatic amines is 1. The molecule has 1 aromatic heterocycles. The minimum Gasteiger partial charge on any atom is -0.497 e. The Balaban J connectivity index is 2.27. The zero-order chi connectivity index (χ0) is 15.4. The zero-order valence-electron chi connectivity index (χ0n) is 11.9. The molecule has 0 spiro atoms. The molecule has 0 radical (unpaired) electrons. The van der Waals surface area contributed by atoms with Crippen LogP contribution in [0.2, 0.25) is 0 Å². The number of ether oxygens (including phenoxy) is 2. The maximum Gasteiger partial charge on any atom is 0.255 e. The smallest absolute Gasteiger partial charge is 0.255 e. The van der Waals surface area contributed by atoms with Crippen molar-refractivity contribution < 1.29 is 14.3 Å². The second-order valence-corrected chi connectivity index (χ2v) is 5.27. The van der Waals surface area contributed by atoms with Gasteiger partial charge >= 0.3 is 0 Å². The van der Waals surface area contributed by atoms with Gasteiger partial charge in [-0.15, -0.1) is 0 Å². The van der Waals surface area contributed by atoms with Crippen molar-refractivity contribution >= 4 is 21.8 Å². The molecule has 2 aromatic rings. The highest BCUT2D eigenvalue weighted by atomic mass is 79.9. The van der Waals surface area contributed by atoms with Crippen molar-refractivity contribution in [3.8, 4) is 11.5 Å². The topological polar surface area (TPSA) is 76.2 Å². The predicted molar refractivity (Wildman–Crippen MR) is 81.7 cm³/mol. The van der Waals surface area contributed by atoms with E-state index < -0.39 is 0 Å². The number of aromatic nitrogens is 2. The van der Waals surface area contributed by atoms with Crippen molar-refractivity contribution in [1.29, 1.82) is 0 Å². The maximum atomic E-state index is 12.5. The summed E-state index contributed by atoms with van der Waals surface area (Å²) < 4.78 is 11.1. The van der Waals surface area contributed by atoms with E-state index in [0.29, 0.717) is 21.5 Å². The number of rotatable bonds is 5. The number of benzene rings is 1. The van der Waals surface area contributed by atoms with Gasteiger partial charge in [0.05, 0.1) is 36.5 Å². The number of nitrogens with one attached hydrogen (secondary N) is 2. The molecule has 1 atom stereocenters. The van der Waals surface area contributed by atoms with Gasteiger partial charge in [-0.1, -0.05) is 0 Å². The molecule has 2 N–H and O–H groups in total. The molecule has 6 nitrogen and oxygen atoms in total. The summed E-state index contributed by atoms with van der Waals surface area (Å²) in [5.41, 5.74) is 1.29. The molecule has 2 rings (SSSR count). The quantitative estimate of drug-likeness (QED) is 0.866. The molecule has 0 aliphatic rings. The van der Waals surface area contributed by atoms with Crippen LogP contribution in [0, 0.1) is 0 Å². The van der Waals surface area contributed by atoms with Crippen LogP contribution in [0.25, 0.3) is 0 Å². The van der Waals surface area contributed by atoms with Crippen molar-refractivity contribution in [3.63, 3.8) is 0 Å². The van der Waals surface area contributed by atoms with Gasteiger partial charge in [-0.25, -0.2) is 0 Å². The van der Waals surface area contributed by atoms with Crippen LogP contribution in [0.3, 0.4) is 0 Å². The van der Waals surface area contributed by atoms with E-state index in [-0.39, 0.29) is 11.9 Å². The van der Waals surface area contributed by atoms with Gasteiger partial charge < -0.3 is 14.8 Å². The van der Waals surface area contributed by atoms with Gasteiger partial charge in [-0.2, -0.15) is 5.10 Å². The third kappa shape index (κ3) is 3.36. The highest BCUT2D eigenvalue weighted by Gasteiger charge is 2.19. The van der Waals surface area contributed by atoms with Crippen LogP contribution in [-0.2, 0) is 0 Å². The molecule has 21 heavy (non-hydrogen) atoms. The maximum absolute atomic E-state index is 12.5. The van der Waals surface area contributed by atoms with Crippen molar-refractivity contribution in [1.82, 2.24) is 15.5 Å². The van der Waals surface area contributed by atoms with E-state index in [1.54, 1.807) is 31.6 Å². The van der Waals surface area contributed by atoms with Gasteiger partial charge in [0.2, 0.25) is 0 Å². The highest BCUT2D eigenvalue weighted by molar-refractivity contribution is 9.10. The number of amides is 1. The largest absolute Gasteiger partial charge is 0.497 e. The molecule has 0 bridgehead atoms.